The van der Waals surface area contributed by atoms with Crippen LogP contribution in [0.1, 0.15) is 40.0 Å². The van der Waals surface area contributed by atoms with Crippen LogP contribution in [0.15, 0.2) is 0 Å². The van der Waals surface area contributed by atoms with Gasteiger partial charge in [-0.15, -0.1) is 0 Å². The Labute approximate surface area is 123 Å². The molecular weight excluding hydrogens is 250 g/mol. The highest BCUT2D eigenvalue weighted by molar-refractivity contribution is 5.11. The molecule has 2 fully saturated rings. The lowest BCUT2D eigenvalue weighted by atomic mass is 9.86. The van der Waals surface area contributed by atoms with Crippen LogP contribution in [0, 0.1) is 17.2 Å². The van der Waals surface area contributed by atoms with E-state index in [9.17, 15) is 5.26 Å². The van der Waals surface area contributed by atoms with Crippen LogP contribution in [0.25, 0.3) is 0 Å². The van der Waals surface area contributed by atoms with Crippen molar-refractivity contribution in [3.8, 4) is 6.07 Å². The molecule has 0 bridgehead atoms. The lowest BCUT2D eigenvalue weighted by molar-refractivity contribution is -0.0557. The Balaban J connectivity index is 1.87. The van der Waals surface area contributed by atoms with Gasteiger partial charge in [-0.25, -0.2) is 0 Å². The molecule has 0 radical (unpaired) electrons. The molecule has 0 aromatic heterocycles. The highest BCUT2D eigenvalue weighted by Gasteiger charge is 2.42. The average molecular weight is 279 g/mol. The van der Waals surface area contributed by atoms with Crippen LogP contribution in [-0.4, -0.2) is 60.8 Å². The van der Waals surface area contributed by atoms with E-state index in [-0.39, 0.29) is 11.6 Å². The second kappa shape index (κ2) is 6.89. The van der Waals surface area contributed by atoms with E-state index >= 15 is 0 Å². The Morgan fingerprint density at radius 1 is 1.30 bits per heavy atom. The summed E-state index contributed by atoms with van der Waals surface area (Å²) in [5.74, 6) is 0.773. The third kappa shape index (κ3) is 3.72. The molecule has 114 valence electrons. The van der Waals surface area contributed by atoms with Crippen LogP contribution in [0.3, 0.4) is 0 Å². The fraction of sp³-hybridized carbons (Fsp3) is 0.938. The number of hydrogen-bond donors (Lipinski definition) is 0. The molecule has 2 rings (SSSR count). The second-order valence-electron chi connectivity index (χ2n) is 6.79. The van der Waals surface area contributed by atoms with Crippen molar-refractivity contribution in [3.63, 3.8) is 0 Å². The van der Waals surface area contributed by atoms with Crippen molar-refractivity contribution < 1.29 is 4.74 Å². The molecule has 2 saturated heterocycles. The van der Waals surface area contributed by atoms with Crippen molar-refractivity contribution >= 4 is 0 Å². The molecule has 2 atom stereocenters. The summed E-state index contributed by atoms with van der Waals surface area (Å²) in [5, 5.41) is 9.69. The molecule has 2 aliphatic rings. The van der Waals surface area contributed by atoms with Gasteiger partial charge in [0.25, 0.3) is 0 Å². The molecule has 20 heavy (non-hydrogen) atoms. The Morgan fingerprint density at radius 2 is 2.00 bits per heavy atom. The lowest BCUT2D eigenvalue weighted by Gasteiger charge is -2.47. The minimum atomic E-state index is -0.276. The number of nitrogens with zero attached hydrogens (tertiary/aromatic N) is 3. The van der Waals surface area contributed by atoms with Gasteiger partial charge in [0.15, 0.2) is 0 Å². The van der Waals surface area contributed by atoms with Crippen molar-refractivity contribution in [1.82, 2.24) is 9.80 Å². The first-order valence-electron chi connectivity index (χ1n) is 8.06. The van der Waals surface area contributed by atoms with Crippen LogP contribution in [0.2, 0.25) is 0 Å². The normalized spacial score (nSPS) is 33.2. The summed E-state index contributed by atoms with van der Waals surface area (Å²) in [6.45, 7) is 12.8. The Hall–Kier alpha value is -0.630. The van der Waals surface area contributed by atoms with Gasteiger partial charge >= 0.3 is 0 Å². The quantitative estimate of drug-likeness (QED) is 0.790. The van der Waals surface area contributed by atoms with E-state index in [1.165, 1.54) is 13.0 Å². The van der Waals surface area contributed by atoms with Gasteiger partial charge in [-0.3, -0.25) is 4.90 Å². The predicted molar refractivity (Wildman–Crippen MR) is 80.5 cm³/mol. The maximum Gasteiger partial charge on any atom is 0.114 e. The SMILES string of the molecule is CC(C)CCN1CCN(C2(C#N)CCOC(C)C2)CC1. The fourth-order valence-corrected chi connectivity index (χ4v) is 3.37. The van der Waals surface area contributed by atoms with Crippen LogP contribution in [0.5, 0.6) is 0 Å². The van der Waals surface area contributed by atoms with Crippen molar-refractivity contribution in [2.24, 2.45) is 5.92 Å². The van der Waals surface area contributed by atoms with Crippen LogP contribution < -0.4 is 0 Å². The average Bonchev–Trinajstić information content (AvgIpc) is 2.45. The van der Waals surface area contributed by atoms with Crippen molar-refractivity contribution in [3.05, 3.63) is 0 Å². The van der Waals surface area contributed by atoms with E-state index in [4.69, 9.17) is 4.74 Å². The van der Waals surface area contributed by atoms with Gasteiger partial charge in [-0.1, -0.05) is 13.8 Å². The van der Waals surface area contributed by atoms with E-state index in [1.54, 1.807) is 0 Å². The standard InChI is InChI=1S/C16H29N3O/c1-14(2)4-6-18-7-9-19(10-8-18)16(13-17)5-11-20-15(3)12-16/h14-15H,4-12H2,1-3H3. The van der Waals surface area contributed by atoms with Crippen molar-refractivity contribution in [1.29, 1.82) is 5.26 Å². The molecule has 2 unspecified atom stereocenters. The second-order valence-corrected chi connectivity index (χ2v) is 6.79. The van der Waals surface area contributed by atoms with E-state index in [2.05, 4.69) is 36.6 Å². The molecule has 0 aromatic rings. The number of piperazine rings is 1. The number of hydrogen-bond acceptors (Lipinski definition) is 4. The maximum absolute atomic E-state index is 9.69. The van der Waals surface area contributed by atoms with Crippen LogP contribution in [0.4, 0.5) is 0 Å². The molecular formula is C16H29N3O. The number of ether oxygens (including phenoxy) is 1. The van der Waals surface area contributed by atoms with E-state index in [1.807, 2.05) is 0 Å². The zero-order valence-corrected chi connectivity index (χ0v) is 13.3. The fourth-order valence-electron chi connectivity index (χ4n) is 3.37. The molecule has 0 spiro atoms. The summed E-state index contributed by atoms with van der Waals surface area (Å²) < 4.78 is 5.62. The first kappa shape index (κ1) is 15.8. The topological polar surface area (TPSA) is 39.5 Å². The summed E-state index contributed by atoms with van der Waals surface area (Å²) in [6.07, 6.45) is 3.20. The van der Waals surface area contributed by atoms with Gasteiger partial charge in [-0.2, -0.15) is 5.26 Å². The van der Waals surface area contributed by atoms with Gasteiger partial charge < -0.3 is 9.64 Å². The van der Waals surface area contributed by atoms with Gasteiger partial charge in [0, 0.05) is 45.6 Å². The van der Waals surface area contributed by atoms with Crippen molar-refractivity contribution in [2.45, 2.75) is 51.7 Å². The highest BCUT2D eigenvalue weighted by atomic mass is 16.5. The van der Waals surface area contributed by atoms with E-state index < -0.39 is 0 Å². The van der Waals surface area contributed by atoms with Gasteiger partial charge in [0.2, 0.25) is 0 Å². The minimum Gasteiger partial charge on any atom is -0.378 e. The monoisotopic (exact) mass is 279 g/mol. The molecule has 0 aliphatic carbocycles. The number of rotatable bonds is 4. The lowest BCUT2D eigenvalue weighted by Crippen LogP contribution is -2.59. The molecule has 2 heterocycles. The Morgan fingerprint density at radius 3 is 2.55 bits per heavy atom. The molecule has 0 saturated carbocycles. The molecule has 2 aliphatic heterocycles. The third-order valence-corrected chi connectivity index (χ3v) is 4.75. The van der Waals surface area contributed by atoms with E-state index in [0.717, 1.165) is 51.5 Å². The first-order chi connectivity index (χ1) is 9.55. The molecule has 0 amide bonds. The summed E-state index contributed by atoms with van der Waals surface area (Å²) in [4.78, 5) is 4.96. The van der Waals surface area contributed by atoms with Crippen molar-refractivity contribution in [2.75, 3.05) is 39.3 Å². The number of nitriles is 1. The van der Waals surface area contributed by atoms with Gasteiger partial charge in [0.05, 0.1) is 12.2 Å². The predicted octanol–water partition coefficient (Wildman–Crippen LogP) is 2.11. The zero-order valence-electron chi connectivity index (χ0n) is 13.3. The Kier molecular flexibility index (Phi) is 5.42. The highest BCUT2D eigenvalue weighted by Crippen LogP contribution is 2.31. The zero-order chi connectivity index (χ0) is 14.6. The summed E-state index contributed by atoms with van der Waals surface area (Å²) >= 11 is 0. The van der Waals surface area contributed by atoms with E-state index in [0.29, 0.717) is 0 Å². The van der Waals surface area contributed by atoms with Crippen LogP contribution >= 0.6 is 0 Å². The largest absolute Gasteiger partial charge is 0.378 e. The molecule has 4 heteroatoms. The van der Waals surface area contributed by atoms with Gasteiger partial charge in [0.1, 0.15) is 5.54 Å². The molecule has 4 nitrogen and oxygen atoms in total. The first-order valence-corrected chi connectivity index (χ1v) is 8.06. The van der Waals surface area contributed by atoms with Crippen LogP contribution in [-0.2, 0) is 4.74 Å². The molecule has 0 aromatic carbocycles. The summed E-state index contributed by atoms with van der Waals surface area (Å²) in [6, 6.07) is 2.61. The summed E-state index contributed by atoms with van der Waals surface area (Å²) in [5.41, 5.74) is -0.276. The summed E-state index contributed by atoms with van der Waals surface area (Å²) in [7, 11) is 0. The molecule has 0 N–H and O–H groups in total. The Bertz CT molecular complexity index is 344. The van der Waals surface area contributed by atoms with Gasteiger partial charge in [-0.05, 0) is 25.8 Å². The maximum atomic E-state index is 9.69. The minimum absolute atomic E-state index is 0.211. The third-order valence-electron chi connectivity index (χ3n) is 4.75. The smallest absolute Gasteiger partial charge is 0.114 e.